The van der Waals surface area contributed by atoms with Gasteiger partial charge >= 0.3 is 5.97 Å². The largest absolute Gasteiger partial charge is 0.481 e. The topological polar surface area (TPSA) is 74.7 Å². The van der Waals surface area contributed by atoms with E-state index in [9.17, 15) is 13.2 Å². The Morgan fingerprint density at radius 3 is 2.48 bits per heavy atom. The van der Waals surface area contributed by atoms with Crippen molar-refractivity contribution in [1.29, 1.82) is 0 Å². The number of aliphatic carboxylic acids is 1. The second-order valence-corrected chi connectivity index (χ2v) is 6.80. The molecule has 0 bridgehead atoms. The summed E-state index contributed by atoms with van der Waals surface area (Å²) in [7, 11) is -3.53. The van der Waals surface area contributed by atoms with Gasteiger partial charge in [-0.05, 0) is 18.4 Å². The van der Waals surface area contributed by atoms with Crippen molar-refractivity contribution in [3.63, 3.8) is 0 Å². The number of hydrogen-bond acceptors (Lipinski definition) is 3. The van der Waals surface area contributed by atoms with Crippen molar-refractivity contribution in [3.8, 4) is 0 Å². The molecule has 0 heterocycles. The summed E-state index contributed by atoms with van der Waals surface area (Å²) in [4.78, 5) is 10.8. The van der Waals surface area contributed by atoms with Gasteiger partial charge in [0.1, 0.15) is 0 Å². The summed E-state index contributed by atoms with van der Waals surface area (Å²) in [5, 5.41) is 10.6. The molecular weight excluding hydrogens is 290 g/mol. The van der Waals surface area contributed by atoms with Gasteiger partial charge in [-0.15, -0.1) is 0 Å². The van der Waals surface area contributed by atoms with Gasteiger partial charge < -0.3 is 5.11 Å². The maximum atomic E-state index is 12.3. The Morgan fingerprint density at radius 2 is 1.81 bits per heavy atom. The van der Waals surface area contributed by atoms with Crippen LogP contribution in [-0.2, 0) is 14.8 Å². The first-order valence-corrected chi connectivity index (χ1v) is 8.26. The average molecular weight is 307 g/mol. The third-order valence-corrected chi connectivity index (χ3v) is 5.05. The van der Waals surface area contributed by atoms with Gasteiger partial charge in [-0.1, -0.05) is 36.4 Å². The van der Waals surface area contributed by atoms with Crippen molar-refractivity contribution in [3.05, 3.63) is 42.5 Å². The van der Waals surface area contributed by atoms with Crippen LogP contribution >= 0.6 is 0 Å². The van der Waals surface area contributed by atoms with Crippen LogP contribution < -0.4 is 4.31 Å². The molecule has 1 N–H and O–H groups in total. The first kappa shape index (κ1) is 15.3. The Hall–Kier alpha value is -2.08. The minimum atomic E-state index is -3.53. The molecule has 0 spiro atoms. The number of fused-ring (bicyclic) bond motifs is 1. The van der Waals surface area contributed by atoms with Crippen molar-refractivity contribution in [2.24, 2.45) is 0 Å². The monoisotopic (exact) mass is 307 g/mol. The lowest BCUT2D eigenvalue weighted by atomic mass is 10.1. The Morgan fingerprint density at radius 1 is 1.14 bits per heavy atom. The third-order valence-electron chi connectivity index (χ3n) is 3.26. The lowest BCUT2D eigenvalue weighted by Gasteiger charge is -2.24. The Bertz CT molecular complexity index is 750. The van der Waals surface area contributed by atoms with Crippen molar-refractivity contribution in [1.82, 2.24) is 0 Å². The number of anilines is 1. The van der Waals surface area contributed by atoms with E-state index in [2.05, 4.69) is 0 Å². The van der Waals surface area contributed by atoms with Gasteiger partial charge in [-0.25, -0.2) is 8.42 Å². The highest BCUT2D eigenvalue weighted by molar-refractivity contribution is 7.92. The number of benzene rings is 2. The summed E-state index contributed by atoms with van der Waals surface area (Å²) in [6.45, 7) is 1.48. The highest BCUT2D eigenvalue weighted by atomic mass is 32.2. The van der Waals surface area contributed by atoms with Crippen LogP contribution in [-0.4, -0.2) is 31.8 Å². The van der Waals surface area contributed by atoms with E-state index < -0.39 is 16.0 Å². The Balaban J connectivity index is 2.55. The molecule has 112 valence electrons. The predicted octanol–water partition coefficient (Wildman–Crippen LogP) is 2.47. The van der Waals surface area contributed by atoms with Crippen molar-refractivity contribution < 1.29 is 18.3 Å². The first-order valence-electron chi connectivity index (χ1n) is 6.65. The number of hydrogen-bond donors (Lipinski definition) is 1. The predicted molar refractivity (Wildman–Crippen MR) is 83.0 cm³/mol. The number of rotatable bonds is 6. The number of nitrogens with zero attached hydrogens (tertiary/aromatic N) is 1. The maximum Gasteiger partial charge on any atom is 0.305 e. The van der Waals surface area contributed by atoms with E-state index in [1.165, 1.54) is 4.31 Å². The fraction of sp³-hybridized carbons (Fsp3) is 0.267. The first-order chi connectivity index (χ1) is 9.95. The second-order valence-electron chi connectivity index (χ2n) is 4.61. The molecule has 0 radical (unpaired) electrons. The van der Waals surface area contributed by atoms with E-state index in [-0.39, 0.29) is 18.7 Å². The zero-order valence-corrected chi connectivity index (χ0v) is 12.5. The number of carboxylic acids is 1. The van der Waals surface area contributed by atoms with E-state index in [0.717, 1.165) is 10.8 Å². The van der Waals surface area contributed by atoms with Crippen LogP contribution in [0.25, 0.3) is 10.8 Å². The normalized spacial score (nSPS) is 11.5. The van der Waals surface area contributed by atoms with Gasteiger partial charge in [-0.2, -0.15) is 0 Å². The molecule has 2 aromatic rings. The smallest absolute Gasteiger partial charge is 0.305 e. The molecule has 0 unspecified atom stereocenters. The highest BCUT2D eigenvalue weighted by Gasteiger charge is 2.22. The molecule has 0 aromatic heterocycles. The lowest BCUT2D eigenvalue weighted by Crippen LogP contribution is -2.34. The number of carbonyl (C=O) groups is 1. The molecular formula is C15H17NO4S. The molecule has 0 saturated carbocycles. The van der Waals surface area contributed by atoms with Crippen LogP contribution in [0.1, 0.15) is 13.3 Å². The highest BCUT2D eigenvalue weighted by Crippen LogP contribution is 2.28. The molecule has 2 rings (SSSR count). The fourth-order valence-electron chi connectivity index (χ4n) is 2.19. The van der Waals surface area contributed by atoms with E-state index >= 15 is 0 Å². The molecule has 0 aliphatic rings. The second kappa shape index (κ2) is 6.13. The Labute approximate surface area is 123 Å². The van der Waals surface area contributed by atoms with Gasteiger partial charge in [0.15, 0.2) is 0 Å². The SMILES string of the molecule is CCS(=O)(=O)N(CCC(=O)O)c1cccc2ccccc12. The molecule has 2 aromatic carbocycles. The van der Waals surface area contributed by atoms with Crippen LogP contribution in [0.4, 0.5) is 5.69 Å². The van der Waals surface area contributed by atoms with Crippen LogP contribution in [0, 0.1) is 0 Å². The zero-order chi connectivity index (χ0) is 15.5. The van der Waals surface area contributed by atoms with Crippen LogP contribution in [0.5, 0.6) is 0 Å². The Kier molecular flexibility index (Phi) is 4.47. The lowest BCUT2D eigenvalue weighted by molar-refractivity contribution is -0.136. The number of carboxylic acid groups (broad SMARTS) is 1. The van der Waals surface area contributed by atoms with E-state index in [0.29, 0.717) is 5.69 Å². The summed E-state index contributed by atoms with van der Waals surface area (Å²) >= 11 is 0. The average Bonchev–Trinajstić information content (AvgIpc) is 2.47. The van der Waals surface area contributed by atoms with E-state index in [4.69, 9.17) is 5.11 Å². The molecule has 5 nitrogen and oxygen atoms in total. The van der Waals surface area contributed by atoms with Crippen molar-refractivity contribution >= 4 is 32.5 Å². The standard InChI is InChI=1S/C15H17NO4S/c1-2-21(19,20)16(11-10-15(17)18)14-9-5-7-12-6-3-4-8-13(12)14/h3-9H,2,10-11H2,1H3,(H,17,18). The van der Waals surface area contributed by atoms with Crippen molar-refractivity contribution in [2.75, 3.05) is 16.6 Å². The van der Waals surface area contributed by atoms with E-state index in [1.54, 1.807) is 19.1 Å². The summed E-state index contributed by atoms with van der Waals surface area (Å²) in [6.07, 6.45) is -0.234. The van der Waals surface area contributed by atoms with Crippen LogP contribution in [0.2, 0.25) is 0 Å². The number of sulfonamides is 1. The fourth-order valence-corrected chi connectivity index (χ4v) is 3.33. The molecule has 0 saturated heterocycles. The molecule has 0 aliphatic carbocycles. The molecule has 21 heavy (non-hydrogen) atoms. The van der Waals surface area contributed by atoms with E-state index in [1.807, 2.05) is 30.3 Å². The zero-order valence-electron chi connectivity index (χ0n) is 11.7. The molecule has 0 amide bonds. The van der Waals surface area contributed by atoms with Gasteiger partial charge in [0.05, 0.1) is 17.9 Å². The molecule has 0 aliphatic heterocycles. The van der Waals surface area contributed by atoms with Gasteiger partial charge in [0.25, 0.3) is 0 Å². The van der Waals surface area contributed by atoms with Crippen LogP contribution in [0.3, 0.4) is 0 Å². The third kappa shape index (κ3) is 3.33. The summed E-state index contributed by atoms with van der Waals surface area (Å²) in [5.74, 6) is -1.10. The minimum absolute atomic E-state index is 0.0699. The van der Waals surface area contributed by atoms with Gasteiger partial charge in [-0.3, -0.25) is 9.10 Å². The van der Waals surface area contributed by atoms with Gasteiger partial charge in [0.2, 0.25) is 10.0 Å². The van der Waals surface area contributed by atoms with Crippen molar-refractivity contribution in [2.45, 2.75) is 13.3 Å². The summed E-state index contributed by atoms with van der Waals surface area (Å²) < 4.78 is 25.8. The molecule has 0 atom stereocenters. The van der Waals surface area contributed by atoms with Gasteiger partial charge in [0, 0.05) is 11.9 Å². The maximum absolute atomic E-state index is 12.3. The summed E-state index contributed by atoms with van der Waals surface area (Å²) in [6, 6.07) is 12.8. The van der Waals surface area contributed by atoms with Crippen LogP contribution in [0.15, 0.2) is 42.5 Å². The molecule has 6 heteroatoms. The minimum Gasteiger partial charge on any atom is -0.481 e. The quantitative estimate of drug-likeness (QED) is 0.889. The molecule has 0 fully saturated rings. The summed E-state index contributed by atoms with van der Waals surface area (Å²) in [5.41, 5.74) is 0.524.